The first-order valence-electron chi connectivity index (χ1n) is 4.21. The molecule has 0 bridgehead atoms. The van der Waals surface area contributed by atoms with E-state index in [1.807, 2.05) is 11.7 Å². The summed E-state index contributed by atoms with van der Waals surface area (Å²) >= 11 is 0. The van der Waals surface area contributed by atoms with Crippen molar-refractivity contribution in [2.75, 3.05) is 0 Å². The van der Waals surface area contributed by atoms with Gasteiger partial charge in [0.2, 0.25) is 6.20 Å². The van der Waals surface area contributed by atoms with Crippen LogP contribution in [-0.2, 0) is 6.54 Å². The number of unbranched alkanes of at least 4 members (excludes halogenated alkanes) is 1. The van der Waals surface area contributed by atoms with Crippen LogP contribution in [0.3, 0.4) is 0 Å². The number of rotatable bonds is 3. The first-order chi connectivity index (χ1) is 5.24. The van der Waals surface area contributed by atoms with Crippen molar-refractivity contribution in [3.63, 3.8) is 0 Å². The SMILES string of the molecule is CCCC[n+]1cc(C)c(C)o1. The van der Waals surface area contributed by atoms with Gasteiger partial charge < -0.3 is 0 Å². The summed E-state index contributed by atoms with van der Waals surface area (Å²) in [6.07, 6.45) is 4.47. The zero-order chi connectivity index (χ0) is 8.27. The second kappa shape index (κ2) is 3.56. The fourth-order valence-corrected chi connectivity index (χ4v) is 1.01. The molecule has 1 rings (SSSR count). The fraction of sp³-hybridized carbons (Fsp3) is 0.667. The first-order valence-corrected chi connectivity index (χ1v) is 4.21. The fourth-order valence-electron chi connectivity index (χ4n) is 1.01. The van der Waals surface area contributed by atoms with Crippen molar-refractivity contribution in [2.24, 2.45) is 0 Å². The van der Waals surface area contributed by atoms with E-state index in [-0.39, 0.29) is 0 Å². The van der Waals surface area contributed by atoms with Crippen LogP contribution in [0.4, 0.5) is 0 Å². The summed E-state index contributed by atoms with van der Waals surface area (Å²) in [5.74, 6) is 1.03. The minimum absolute atomic E-state index is 1.01. The van der Waals surface area contributed by atoms with E-state index in [0.717, 1.165) is 12.3 Å². The molecule has 0 aliphatic rings. The van der Waals surface area contributed by atoms with Gasteiger partial charge in [-0.05, 0) is 18.1 Å². The summed E-state index contributed by atoms with van der Waals surface area (Å²) in [4.78, 5) is 0. The van der Waals surface area contributed by atoms with Crippen molar-refractivity contribution in [1.82, 2.24) is 0 Å². The third-order valence-corrected chi connectivity index (χ3v) is 1.88. The smallest absolute Gasteiger partial charge is 0.222 e. The van der Waals surface area contributed by atoms with Gasteiger partial charge in [-0.3, -0.25) is 0 Å². The van der Waals surface area contributed by atoms with Crippen molar-refractivity contribution < 1.29 is 9.26 Å². The molecule has 0 amide bonds. The molecular weight excluding hydrogens is 138 g/mol. The van der Waals surface area contributed by atoms with Crippen LogP contribution < -0.4 is 4.74 Å². The highest BCUT2D eigenvalue weighted by atomic mass is 16.5. The molecule has 0 atom stereocenters. The summed E-state index contributed by atoms with van der Waals surface area (Å²) in [6.45, 7) is 7.26. The molecule has 1 heterocycles. The lowest BCUT2D eigenvalue weighted by molar-refractivity contribution is -0.864. The molecule has 1 aromatic heterocycles. The molecule has 62 valence electrons. The van der Waals surface area contributed by atoms with Gasteiger partial charge in [0.15, 0.2) is 12.3 Å². The molecule has 0 N–H and O–H groups in total. The van der Waals surface area contributed by atoms with E-state index >= 15 is 0 Å². The van der Waals surface area contributed by atoms with Crippen molar-refractivity contribution in [2.45, 2.75) is 40.2 Å². The highest BCUT2D eigenvalue weighted by molar-refractivity contribution is 5.05. The van der Waals surface area contributed by atoms with Gasteiger partial charge in [-0.1, -0.05) is 6.92 Å². The minimum Gasteiger partial charge on any atom is -0.241 e. The maximum Gasteiger partial charge on any atom is 0.222 e. The molecule has 0 radical (unpaired) electrons. The molecular formula is C9H16NO+. The van der Waals surface area contributed by atoms with Crippen molar-refractivity contribution >= 4 is 0 Å². The predicted octanol–water partition coefficient (Wildman–Crippen LogP) is 1.98. The second-order valence-corrected chi connectivity index (χ2v) is 2.95. The van der Waals surface area contributed by atoms with E-state index in [9.17, 15) is 0 Å². The van der Waals surface area contributed by atoms with Gasteiger partial charge in [-0.25, -0.2) is 4.52 Å². The Morgan fingerprint density at radius 1 is 1.45 bits per heavy atom. The van der Waals surface area contributed by atoms with Gasteiger partial charge in [-0.15, -0.1) is 0 Å². The average Bonchev–Trinajstić information content (AvgIpc) is 2.28. The number of hydrogen-bond acceptors (Lipinski definition) is 1. The van der Waals surface area contributed by atoms with Crippen LogP contribution in [0.5, 0.6) is 0 Å². The Morgan fingerprint density at radius 3 is 2.64 bits per heavy atom. The molecule has 2 nitrogen and oxygen atoms in total. The minimum atomic E-state index is 1.01. The third kappa shape index (κ3) is 2.07. The van der Waals surface area contributed by atoms with E-state index in [0.29, 0.717) is 0 Å². The molecule has 0 unspecified atom stereocenters. The molecule has 11 heavy (non-hydrogen) atoms. The number of nitrogens with zero attached hydrogens (tertiary/aromatic N) is 1. The largest absolute Gasteiger partial charge is 0.241 e. The predicted molar refractivity (Wildman–Crippen MR) is 43.3 cm³/mol. The summed E-state index contributed by atoms with van der Waals surface area (Å²) < 4.78 is 7.34. The molecule has 0 saturated carbocycles. The Bertz CT molecular complexity index is 208. The Balaban J connectivity index is 2.58. The maximum absolute atomic E-state index is 5.43. The van der Waals surface area contributed by atoms with Gasteiger partial charge >= 0.3 is 0 Å². The quantitative estimate of drug-likeness (QED) is 0.608. The van der Waals surface area contributed by atoms with Crippen LogP contribution in [0.25, 0.3) is 0 Å². The maximum atomic E-state index is 5.43. The van der Waals surface area contributed by atoms with E-state index in [1.165, 1.54) is 18.4 Å². The van der Waals surface area contributed by atoms with E-state index in [2.05, 4.69) is 20.0 Å². The van der Waals surface area contributed by atoms with E-state index in [1.54, 1.807) is 0 Å². The highest BCUT2D eigenvalue weighted by Crippen LogP contribution is 2.01. The summed E-state index contributed by atoms with van der Waals surface area (Å²) in [6, 6.07) is 0. The molecule has 0 aliphatic carbocycles. The van der Waals surface area contributed by atoms with Crippen LogP contribution >= 0.6 is 0 Å². The molecule has 0 aromatic carbocycles. The standard InChI is InChI=1S/C9H16NO/c1-4-5-6-10-7-8(2)9(3)11-10/h7H,4-6H2,1-3H3/q+1. The van der Waals surface area contributed by atoms with Crippen LogP contribution in [0, 0.1) is 13.8 Å². The molecule has 0 spiro atoms. The van der Waals surface area contributed by atoms with Crippen molar-refractivity contribution in [3.8, 4) is 0 Å². The van der Waals surface area contributed by atoms with Crippen molar-refractivity contribution in [3.05, 3.63) is 17.5 Å². The van der Waals surface area contributed by atoms with E-state index < -0.39 is 0 Å². The Hall–Kier alpha value is -0.790. The van der Waals surface area contributed by atoms with E-state index in [4.69, 9.17) is 4.52 Å². The van der Waals surface area contributed by atoms with Crippen LogP contribution in [0.2, 0.25) is 0 Å². The third-order valence-electron chi connectivity index (χ3n) is 1.88. The zero-order valence-electron chi connectivity index (χ0n) is 7.55. The van der Waals surface area contributed by atoms with Gasteiger partial charge in [0, 0.05) is 13.3 Å². The molecule has 0 fully saturated rings. The molecule has 0 aliphatic heterocycles. The average molecular weight is 154 g/mol. The highest BCUT2D eigenvalue weighted by Gasteiger charge is 2.08. The lowest BCUT2D eigenvalue weighted by Gasteiger charge is -1.84. The van der Waals surface area contributed by atoms with Crippen molar-refractivity contribution in [1.29, 1.82) is 0 Å². The summed E-state index contributed by atoms with van der Waals surface area (Å²) in [7, 11) is 0. The topological polar surface area (TPSA) is 17.0 Å². The Kier molecular flexibility index (Phi) is 2.69. The second-order valence-electron chi connectivity index (χ2n) is 2.95. The Morgan fingerprint density at radius 2 is 2.18 bits per heavy atom. The summed E-state index contributed by atoms with van der Waals surface area (Å²) in [5, 5.41) is 0. The Labute approximate surface area is 67.8 Å². The van der Waals surface area contributed by atoms with Crippen LogP contribution in [0.1, 0.15) is 31.1 Å². The lowest BCUT2D eigenvalue weighted by atomic mass is 10.3. The van der Waals surface area contributed by atoms with Gasteiger partial charge in [0.1, 0.15) is 0 Å². The number of hydrogen-bond donors (Lipinski definition) is 0. The molecule has 2 heteroatoms. The zero-order valence-corrected chi connectivity index (χ0v) is 7.55. The number of aryl methyl sites for hydroxylation is 3. The monoisotopic (exact) mass is 154 g/mol. The summed E-state index contributed by atoms with van der Waals surface area (Å²) in [5.41, 5.74) is 1.24. The molecule has 0 saturated heterocycles. The van der Waals surface area contributed by atoms with Gasteiger partial charge in [0.05, 0.1) is 5.56 Å². The van der Waals surface area contributed by atoms with Crippen LogP contribution in [0.15, 0.2) is 10.7 Å². The first kappa shape index (κ1) is 8.31. The normalized spacial score (nSPS) is 10.5. The van der Waals surface area contributed by atoms with Gasteiger partial charge in [-0.2, -0.15) is 0 Å². The van der Waals surface area contributed by atoms with Crippen LogP contribution in [-0.4, -0.2) is 0 Å². The number of aromatic nitrogens is 1. The lowest BCUT2D eigenvalue weighted by Crippen LogP contribution is -2.30. The molecule has 1 aromatic rings. The van der Waals surface area contributed by atoms with Gasteiger partial charge in [0.25, 0.3) is 0 Å².